The van der Waals surface area contributed by atoms with E-state index in [-0.39, 0.29) is 0 Å². The molecule has 1 aliphatic rings. The molecular formula is C14H21NO. The molecule has 0 heterocycles. The lowest BCUT2D eigenvalue weighted by atomic mass is 10.0. The molecule has 0 spiro atoms. The lowest BCUT2D eigenvalue weighted by molar-refractivity contribution is 0.299. The van der Waals surface area contributed by atoms with Crippen LogP contribution in [0.25, 0.3) is 0 Å². The fraction of sp³-hybridized carbons (Fsp3) is 0.429. The van der Waals surface area contributed by atoms with Gasteiger partial charge >= 0.3 is 0 Å². The van der Waals surface area contributed by atoms with Crippen LogP contribution in [0.1, 0.15) is 26.2 Å². The van der Waals surface area contributed by atoms with E-state index in [0.29, 0.717) is 6.54 Å². The third kappa shape index (κ3) is 3.38. The Labute approximate surface area is 98.2 Å². The molecule has 0 amide bonds. The van der Waals surface area contributed by atoms with Crippen molar-refractivity contribution < 1.29 is 4.74 Å². The summed E-state index contributed by atoms with van der Waals surface area (Å²) >= 11 is 0. The van der Waals surface area contributed by atoms with Gasteiger partial charge in [0.2, 0.25) is 0 Å². The molecule has 0 aliphatic heterocycles. The Bertz CT molecular complexity index is 348. The highest BCUT2D eigenvalue weighted by Gasteiger charge is 2.04. The maximum absolute atomic E-state index is 5.71. The second-order valence-corrected chi connectivity index (χ2v) is 3.99. The quantitative estimate of drug-likeness (QED) is 0.774. The SMILES string of the molecule is C=C1/C=C(C)\C(OC)=C/CCCC=C1CN. The van der Waals surface area contributed by atoms with Crippen molar-refractivity contribution in [1.82, 2.24) is 0 Å². The average molecular weight is 219 g/mol. The zero-order valence-corrected chi connectivity index (χ0v) is 10.3. The standard InChI is InChI=1S/C14H21NO/c1-11-9-12(2)14(16-3)8-6-4-5-7-13(11)10-15/h7-9H,1,4-6,10,15H2,2-3H3/b12-9-,13-7?,14-8+. The van der Waals surface area contributed by atoms with Crippen LogP contribution in [-0.4, -0.2) is 13.7 Å². The first-order valence-corrected chi connectivity index (χ1v) is 5.70. The van der Waals surface area contributed by atoms with Gasteiger partial charge in [0.05, 0.1) is 7.11 Å². The number of methoxy groups -OCH3 is 1. The first kappa shape index (κ1) is 12.8. The minimum atomic E-state index is 0.550. The predicted octanol–water partition coefficient (Wildman–Crippen LogP) is 3.09. The van der Waals surface area contributed by atoms with Gasteiger partial charge in [0.1, 0.15) is 5.76 Å². The Kier molecular flexibility index (Phi) is 5.06. The van der Waals surface area contributed by atoms with E-state index in [1.54, 1.807) is 7.11 Å². The van der Waals surface area contributed by atoms with Gasteiger partial charge < -0.3 is 10.5 Å². The molecule has 2 nitrogen and oxygen atoms in total. The minimum Gasteiger partial charge on any atom is -0.497 e. The second kappa shape index (κ2) is 6.33. The molecule has 88 valence electrons. The summed E-state index contributed by atoms with van der Waals surface area (Å²) in [6.45, 7) is 6.64. The lowest BCUT2D eigenvalue weighted by Crippen LogP contribution is -2.05. The molecule has 0 unspecified atom stereocenters. The fourth-order valence-corrected chi connectivity index (χ4v) is 1.80. The van der Waals surface area contributed by atoms with Crippen LogP contribution in [0.2, 0.25) is 0 Å². The molecule has 0 radical (unpaired) electrons. The number of hydrogen-bond donors (Lipinski definition) is 1. The van der Waals surface area contributed by atoms with Gasteiger partial charge in [-0.3, -0.25) is 0 Å². The number of nitrogens with two attached hydrogens (primary N) is 1. The Morgan fingerprint density at radius 1 is 1.38 bits per heavy atom. The summed E-state index contributed by atoms with van der Waals surface area (Å²) in [4.78, 5) is 0. The molecule has 0 saturated heterocycles. The van der Waals surface area contributed by atoms with Crippen LogP contribution < -0.4 is 5.73 Å². The second-order valence-electron chi connectivity index (χ2n) is 3.99. The van der Waals surface area contributed by atoms with Crippen molar-refractivity contribution in [2.24, 2.45) is 5.73 Å². The van der Waals surface area contributed by atoms with Gasteiger partial charge in [0.25, 0.3) is 0 Å². The molecular weight excluding hydrogens is 198 g/mol. The Balaban J connectivity index is 3.01. The predicted molar refractivity (Wildman–Crippen MR) is 69.0 cm³/mol. The largest absolute Gasteiger partial charge is 0.497 e. The van der Waals surface area contributed by atoms with Crippen LogP contribution in [0.5, 0.6) is 0 Å². The van der Waals surface area contributed by atoms with Crippen molar-refractivity contribution in [2.75, 3.05) is 13.7 Å². The first-order valence-electron chi connectivity index (χ1n) is 5.70. The summed E-state index contributed by atoms with van der Waals surface area (Å²) in [7, 11) is 1.71. The molecule has 16 heavy (non-hydrogen) atoms. The third-order valence-corrected chi connectivity index (χ3v) is 2.76. The van der Waals surface area contributed by atoms with Crippen molar-refractivity contribution in [1.29, 1.82) is 0 Å². The van der Waals surface area contributed by atoms with Crippen LogP contribution in [-0.2, 0) is 4.74 Å². The number of ether oxygens (including phenoxy) is 1. The van der Waals surface area contributed by atoms with Gasteiger partial charge in [0.15, 0.2) is 0 Å². The topological polar surface area (TPSA) is 35.2 Å². The van der Waals surface area contributed by atoms with Crippen molar-refractivity contribution >= 4 is 0 Å². The molecule has 0 fully saturated rings. The van der Waals surface area contributed by atoms with E-state index < -0.39 is 0 Å². The van der Waals surface area contributed by atoms with Gasteiger partial charge in [-0.2, -0.15) is 0 Å². The molecule has 0 aromatic rings. The maximum atomic E-state index is 5.71. The van der Waals surface area contributed by atoms with E-state index in [2.05, 4.69) is 18.7 Å². The summed E-state index contributed by atoms with van der Waals surface area (Å²) in [6.07, 6.45) is 9.58. The molecule has 2 N–H and O–H groups in total. The molecule has 0 bridgehead atoms. The normalized spacial score (nSPS) is 24.9. The Morgan fingerprint density at radius 3 is 2.69 bits per heavy atom. The van der Waals surface area contributed by atoms with E-state index >= 15 is 0 Å². The highest BCUT2D eigenvalue weighted by Crippen LogP contribution is 2.20. The lowest BCUT2D eigenvalue weighted by Gasteiger charge is -2.11. The van der Waals surface area contributed by atoms with Gasteiger partial charge in [0, 0.05) is 6.54 Å². The third-order valence-electron chi connectivity index (χ3n) is 2.76. The summed E-state index contributed by atoms with van der Waals surface area (Å²) < 4.78 is 5.35. The van der Waals surface area contributed by atoms with Gasteiger partial charge in [-0.1, -0.05) is 12.7 Å². The van der Waals surface area contributed by atoms with Crippen LogP contribution in [0.4, 0.5) is 0 Å². The first-order chi connectivity index (χ1) is 7.69. The summed E-state index contributed by atoms with van der Waals surface area (Å²) in [5, 5.41) is 0. The molecule has 0 atom stereocenters. The smallest absolute Gasteiger partial charge is 0.117 e. The number of allylic oxidation sites excluding steroid dienone is 4. The monoisotopic (exact) mass is 219 g/mol. The zero-order chi connectivity index (χ0) is 12.0. The van der Waals surface area contributed by atoms with Crippen LogP contribution in [0.3, 0.4) is 0 Å². The van der Waals surface area contributed by atoms with Crippen molar-refractivity contribution in [2.45, 2.75) is 26.2 Å². The molecule has 2 heteroatoms. The highest BCUT2D eigenvalue weighted by molar-refractivity contribution is 5.43. The van der Waals surface area contributed by atoms with Crippen LogP contribution >= 0.6 is 0 Å². The van der Waals surface area contributed by atoms with Crippen molar-refractivity contribution in [3.05, 3.63) is 47.3 Å². The summed E-state index contributed by atoms with van der Waals surface area (Å²) in [6, 6.07) is 0. The fourth-order valence-electron chi connectivity index (χ4n) is 1.80. The summed E-state index contributed by atoms with van der Waals surface area (Å²) in [5.74, 6) is 0.944. The molecule has 1 rings (SSSR count). The van der Waals surface area contributed by atoms with Crippen LogP contribution in [0.15, 0.2) is 47.3 Å². The van der Waals surface area contributed by atoms with E-state index in [0.717, 1.165) is 41.7 Å². The van der Waals surface area contributed by atoms with Gasteiger partial charge in [-0.15, -0.1) is 0 Å². The molecule has 0 saturated carbocycles. The highest BCUT2D eigenvalue weighted by atomic mass is 16.5. The zero-order valence-electron chi connectivity index (χ0n) is 10.3. The number of rotatable bonds is 2. The molecule has 1 aliphatic carbocycles. The van der Waals surface area contributed by atoms with Crippen molar-refractivity contribution in [3.63, 3.8) is 0 Å². The Morgan fingerprint density at radius 2 is 2.06 bits per heavy atom. The van der Waals surface area contributed by atoms with E-state index in [1.807, 2.05) is 13.0 Å². The number of hydrogen-bond acceptors (Lipinski definition) is 2. The van der Waals surface area contributed by atoms with E-state index in [9.17, 15) is 0 Å². The van der Waals surface area contributed by atoms with Gasteiger partial charge in [-0.25, -0.2) is 0 Å². The van der Waals surface area contributed by atoms with E-state index in [1.165, 1.54) is 0 Å². The minimum absolute atomic E-state index is 0.550. The maximum Gasteiger partial charge on any atom is 0.117 e. The Hall–Kier alpha value is -1.28. The molecule has 0 aromatic heterocycles. The molecule has 0 aromatic carbocycles. The van der Waals surface area contributed by atoms with E-state index in [4.69, 9.17) is 10.5 Å². The van der Waals surface area contributed by atoms with Gasteiger partial charge in [-0.05, 0) is 55.1 Å². The van der Waals surface area contributed by atoms with Crippen LogP contribution in [0, 0.1) is 0 Å². The average Bonchev–Trinajstić information content (AvgIpc) is 2.27. The van der Waals surface area contributed by atoms with Crippen molar-refractivity contribution in [3.8, 4) is 0 Å². The summed E-state index contributed by atoms with van der Waals surface area (Å²) in [5.41, 5.74) is 8.94.